The van der Waals surface area contributed by atoms with Gasteiger partial charge in [0.1, 0.15) is 12.2 Å². The lowest BCUT2D eigenvalue weighted by Gasteiger charge is -2.15. The zero-order valence-corrected chi connectivity index (χ0v) is 18.6. The molecule has 11 heteroatoms. The molecule has 1 N–H and O–H groups in total. The first-order valence-corrected chi connectivity index (χ1v) is 9.45. The second-order valence-electron chi connectivity index (χ2n) is 6.33. The fourth-order valence-electron chi connectivity index (χ4n) is 2.90. The highest BCUT2D eigenvalue weighted by atomic mass is 16.6. The zero-order valence-electron chi connectivity index (χ0n) is 18.6. The molecular formula is C21H26N2O9. The van der Waals surface area contributed by atoms with E-state index in [-0.39, 0.29) is 36.8 Å². The Morgan fingerprint density at radius 2 is 1.50 bits per heavy atom. The molecule has 0 unspecified atom stereocenters. The molecule has 0 aliphatic carbocycles. The Morgan fingerprint density at radius 3 is 2.00 bits per heavy atom. The van der Waals surface area contributed by atoms with E-state index in [4.69, 9.17) is 28.4 Å². The minimum atomic E-state index is -0.660. The molecule has 0 saturated carbocycles. The number of hydrogen-bond donors (Lipinski definition) is 1. The largest absolute Gasteiger partial charge is 0.493 e. The van der Waals surface area contributed by atoms with E-state index < -0.39 is 16.5 Å². The molecule has 0 aromatic heterocycles. The molecule has 2 aromatic rings. The minimum Gasteiger partial charge on any atom is -0.493 e. The van der Waals surface area contributed by atoms with Gasteiger partial charge < -0.3 is 33.7 Å². The van der Waals surface area contributed by atoms with Crippen LogP contribution >= 0.6 is 0 Å². The van der Waals surface area contributed by atoms with Crippen molar-refractivity contribution >= 4 is 11.6 Å². The molecule has 0 bridgehead atoms. The van der Waals surface area contributed by atoms with Gasteiger partial charge >= 0.3 is 0 Å². The molecule has 11 nitrogen and oxygen atoms in total. The highest BCUT2D eigenvalue weighted by Gasteiger charge is 2.25. The van der Waals surface area contributed by atoms with Crippen LogP contribution in [0.15, 0.2) is 24.3 Å². The number of amides is 1. The number of nitrogens with one attached hydrogen (secondary N) is 1. The predicted octanol–water partition coefficient (Wildman–Crippen LogP) is 2.58. The minimum absolute atomic E-state index is 0.0567. The molecule has 0 saturated heterocycles. The number of nitro groups is 1. The van der Waals surface area contributed by atoms with Gasteiger partial charge in [0.2, 0.25) is 5.75 Å². The molecule has 0 radical (unpaired) electrons. The number of benzene rings is 2. The lowest BCUT2D eigenvalue weighted by atomic mass is 10.1. The van der Waals surface area contributed by atoms with Gasteiger partial charge in [-0.3, -0.25) is 14.9 Å². The van der Waals surface area contributed by atoms with E-state index in [0.29, 0.717) is 22.8 Å². The van der Waals surface area contributed by atoms with Gasteiger partial charge in [-0.15, -0.1) is 0 Å². The summed E-state index contributed by atoms with van der Waals surface area (Å²) in [5, 5.41) is 14.2. The monoisotopic (exact) mass is 450 g/mol. The van der Waals surface area contributed by atoms with Crippen molar-refractivity contribution in [3.8, 4) is 28.7 Å². The van der Waals surface area contributed by atoms with E-state index in [9.17, 15) is 14.9 Å². The number of nitrogens with zero attached hydrogens (tertiary/aromatic N) is 1. The summed E-state index contributed by atoms with van der Waals surface area (Å²) in [5.74, 6) is 0.909. The summed E-state index contributed by atoms with van der Waals surface area (Å²) in [6.07, 6.45) is 0. The molecule has 0 fully saturated rings. The molecule has 2 aromatic carbocycles. The standard InChI is InChI=1S/C21H26N2O9/c1-27-6-7-32-17-11-15(23(25)26)14(10-16(17)28-2)21(24)22-12-13-8-18(29-3)20(31-5)19(9-13)30-4/h8-11H,6-7,12H2,1-5H3,(H,22,24). The van der Waals surface area contributed by atoms with Crippen molar-refractivity contribution in [2.24, 2.45) is 0 Å². The van der Waals surface area contributed by atoms with E-state index in [1.54, 1.807) is 12.1 Å². The third kappa shape index (κ3) is 5.70. The van der Waals surface area contributed by atoms with Gasteiger partial charge in [0.25, 0.3) is 11.6 Å². The van der Waals surface area contributed by atoms with Gasteiger partial charge in [-0.2, -0.15) is 0 Å². The highest BCUT2D eigenvalue weighted by Crippen LogP contribution is 2.38. The van der Waals surface area contributed by atoms with Crippen LogP contribution in [0.25, 0.3) is 0 Å². The van der Waals surface area contributed by atoms with Gasteiger partial charge in [-0.1, -0.05) is 0 Å². The van der Waals surface area contributed by atoms with Crippen molar-refractivity contribution < 1.29 is 38.1 Å². The summed E-state index contributed by atoms with van der Waals surface area (Å²) < 4.78 is 31.5. The van der Waals surface area contributed by atoms with Crippen molar-refractivity contribution in [3.05, 3.63) is 45.5 Å². The number of ether oxygens (including phenoxy) is 6. The lowest BCUT2D eigenvalue weighted by molar-refractivity contribution is -0.385. The molecule has 0 atom stereocenters. The highest BCUT2D eigenvalue weighted by molar-refractivity contribution is 5.99. The summed E-state index contributed by atoms with van der Waals surface area (Å²) in [4.78, 5) is 23.7. The van der Waals surface area contributed by atoms with Crippen LogP contribution in [-0.2, 0) is 11.3 Å². The van der Waals surface area contributed by atoms with E-state index in [1.165, 1.54) is 41.6 Å². The summed E-state index contributed by atoms with van der Waals surface area (Å²) in [5.41, 5.74) is 0.0565. The van der Waals surface area contributed by atoms with Crippen LogP contribution < -0.4 is 29.0 Å². The average molecular weight is 450 g/mol. The Balaban J connectivity index is 2.30. The van der Waals surface area contributed by atoms with Crippen molar-refractivity contribution in [3.63, 3.8) is 0 Å². The molecule has 2 rings (SSSR count). The Hall–Kier alpha value is -3.73. The van der Waals surface area contributed by atoms with Crippen molar-refractivity contribution in [1.82, 2.24) is 5.32 Å². The molecule has 0 heterocycles. The maximum atomic E-state index is 12.8. The van der Waals surface area contributed by atoms with Gasteiger partial charge in [0.05, 0.1) is 46.0 Å². The molecule has 0 aliphatic rings. The van der Waals surface area contributed by atoms with Crippen molar-refractivity contribution in [2.45, 2.75) is 6.54 Å². The molecule has 32 heavy (non-hydrogen) atoms. The number of carbonyl (C=O) groups is 1. The van der Waals surface area contributed by atoms with Crippen LogP contribution in [0.4, 0.5) is 5.69 Å². The normalized spacial score (nSPS) is 10.3. The van der Waals surface area contributed by atoms with Crippen LogP contribution in [0.1, 0.15) is 15.9 Å². The summed E-state index contributed by atoms with van der Waals surface area (Å²) in [6, 6.07) is 5.76. The van der Waals surface area contributed by atoms with E-state index >= 15 is 0 Å². The van der Waals surface area contributed by atoms with Crippen LogP contribution in [-0.4, -0.2) is 59.6 Å². The van der Waals surface area contributed by atoms with Gasteiger partial charge in [-0.05, 0) is 17.7 Å². The molecule has 1 amide bonds. The molecular weight excluding hydrogens is 424 g/mol. The van der Waals surface area contributed by atoms with Crippen LogP contribution in [0, 0.1) is 10.1 Å². The topological polar surface area (TPSA) is 128 Å². The Morgan fingerprint density at radius 1 is 0.875 bits per heavy atom. The maximum absolute atomic E-state index is 12.8. The van der Waals surface area contributed by atoms with Crippen LogP contribution in [0.5, 0.6) is 28.7 Å². The number of methoxy groups -OCH3 is 5. The number of carbonyl (C=O) groups excluding carboxylic acids is 1. The summed E-state index contributed by atoms with van der Waals surface area (Å²) in [7, 11) is 7.32. The number of hydrogen-bond acceptors (Lipinski definition) is 9. The first-order chi connectivity index (χ1) is 15.4. The van der Waals surface area contributed by atoms with Crippen molar-refractivity contribution in [2.75, 3.05) is 48.8 Å². The van der Waals surface area contributed by atoms with E-state index in [2.05, 4.69) is 5.32 Å². The predicted molar refractivity (Wildman–Crippen MR) is 114 cm³/mol. The number of rotatable bonds is 12. The third-order valence-corrected chi connectivity index (χ3v) is 4.45. The Bertz CT molecular complexity index is 938. The van der Waals surface area contributed by atoms with Crippen LogP contribution in [0.2, 0.25) is 0 Å². The number of nitro benzene ring substituents is 1. The first kappa shape index (κ1) is 24.5. The quantitative estimate of drug-likeness (QED) is 0.295. The first-order valence-electron chi connectivity index (χ1n) is 9.45. The third-order valence-electron chi connectivity index (χ3n) is 4.45. The van der Waals surface area contributed by atoms with E-state index in [0.717, 1.165) is 6.07 Å². The second kappa shape index (κ2) is 11.6. The van der Waals surface area contributed by atoms with Gasteiger partial charge in [0, 0.05) is 19.7 Å². The van der Waals surface area contributed by atoms with E-state index in [1.807, 2.05) is 0 Å². The van der Waals surface area contributed by atoms with Gasteiger partial charge in [-0.25, -0.2) is 0 Å². The van der Waals surface area contributed by atoms with Crippen molar-refractivity contribution in [1.29, 1.82) is 0 Å². The zero-order chi connectivity index (χ0) is 23.7. The Kier molecular flexibility index (Phi) is 8.90. The van der Waals surface area contributed by atoms with Crippen LogP contribution in [0.3, 0.4) is 0 Å². The maximum Gasteiger partial charge on any atom is 0.286 e. The Labute approximate surface area is 185 Å². The fraction of sp³-hybridized carbons (Fsp3) is 0.381. The summed E-state index contributed by atoms with van der Waals surface area (Å²) in [6.45, 7) is 0.506. The smallest absolute Gasteiger partial charge is 0.286 e. The SMILES string of the molecule is COCCOc1cc([N+](=O)[O-])c(C(=O)NCc2cc(OC)c(OC)c(OC)c2)cc1OC. The lowest BCUT2D eigenvalue weighted by Crippen LogP contribution is -2.24. The molecule has 0 spiro atoms. The molecule has 174 valence electrons. The molecule has 0 aliphatic heterocycles. The average Bonchev–Trinajstić information content (AvgIpc) is 2.81. The second-order valence-corrected chi connectivity index (χ2v) is 6.33. The fourth-order valence-corrected chi connectivity index (χ4v) is 2.90. The summed E-state index contributed by atoms with van der Waals surface area (Å²) >= 11 is 0. The van der Waals surface area contributed by atoms with Gasteiger partial charge in [0.15, 0.2) is 23.0 Å².